The fourth-order valence-corrected chi connectivity index (χ4v) is 3.33. The number of benzene rings is 1. The summed E-state index contributed by atoms with van der Waals surface area (Å²) in [5.74, 6) is -0.251. The summed E-state index contributed by atoms with van der Waals surface area (Å²) in [6, 6.07) is 6.88. The zero-order valence-corrected chi connectivity index (χ0v) is 14.8. The van der Waals surface area contributed by atoms with Gasteiger partial charge in [0.2, 0.25) is 0 Å². The third-order valence-electron chi connectivity index (χ3n) is 4.97. The van der Waals surface area contributed by atoms with Crippen LogP contribution in [0.3, 0.4) is 0 Å². The molecule has 0 saturated heterocycles. The quantitative estimate of drug-likeness (QED) is 0.780. The molecule has 0 bridgehead atoms. The van der Waals surface area contributed by atoms with E-state index in [2.05, 4.69) is 5.10 Å². The molecule has 1 aromatic heterocycles. The van der Waals surface area contributed by atoms with Crippen molar-refractivity contribution in [2.45, 2.75) is 38.4 Å². The van der Waals surface area contributed by atoms with Crippen LogP contribution in [-0.4, -0.2) is 29.8 Å². The van der Waals surface area contributed by atoms with Crippen LogP contribution >= 0.6 is 0 Å². The largest absolute Gasteiger partial charge is 0.435 e. The van der Waals surface area contributed by atoms with Crippen molar-refractivity contribution in [1.82, 2.24) is 14.3 Å². The number of quaternary nitrogens is 1. The Balaban J connectivity index is 1.92. The number of amides is 1. The van der Waals surface area contributed by atoms with E-state index in [4.69, 9.17) is 6.92 Å². The molecule has 2 radical (unpaired) electrons. The van der Waals surface area contributed by atoms with Crippen molar-refractivity contribution in [3.8, 4) is 0 Å². The molecular weight excluding hydrogens is 343 g/mol. The number of nitrogens with zero attached hydrogens (tertiary/aromatic N) is 3. The molecule has 0 unspecified atom stereocenters. The second-order valence-electron chi connectivity index (χ2n) is 7.08. The number of likely N-dealkylation sites (N-methyl/N-ethyl adjacent to an activating group) is 1. The number of aromatic nitrogens is 2. The van der Waals surface area contributed by atoms with Crippen LogP contribution in [-0.2, 0) is 30.4 Å². The molecule has 138 valence electrons. The highest BCUT2D eigenvalue weighted by molar-refractivity contribution is 5.87. The number of fused-ring (bicyclic) bond motifs is 1. The molecule has 1 amide bonds. The number of rotatable bonds is 3. The van der Waals surface area contributed by atoms with E-state index >= 15 is 0 Å². The van der Waals surface area contributed by atoms with Crippen molar-refractivity contribution in [2.24, 2.45) is 0 Å². The predicted octanol–water partition coefficient (Wildman–Crippen LogP) is 3.63. The summed E-state index contributed by atoms with van der Waals surface area (Å²) >= 11 is 0. The summed E-state index contributed by atoms with van der Waals surface area (Å²) in [7, 11) is 3.41. The molecule has 1 heterocycles. The molecule has 0 spiro atoms. The van der Waals surface area contributed by atoms with Gasteiger partial charge in [-0.2, -0.15) is 18.3 Å². The van der Waals surface area contributed by atoms with Gasteiger partial charge in [0.25, 0.3) is 0 Å². The molecule has 2 aromatic rings. The molecule has 0 saturated carbocycles. The summed E-state index contributed by atoms with van der Waals surface area (Å²) < 4.78 is 41.0. The van der Waals surface area contributed by atoms with E-state index in [-0.39, 0.29) is 22.5 Å². The summed E-state index contributed by atoms with van der Waals surface area (Å²) in [6.07, 6.45) is -2.12. The average molecular weight is 364 g/mol. The molecular formula is C19H21F3N3O+. The second kappa shape index (κ2) is 6.54. The standard InChI is InChI=1S/C19H21F3N3O/c1-13-8-10-14(11-9-13)25(2,3)17(26)12-24-16-7-5-4-6-15(16)18(23-24)19(20,21)22/h1,8-11H,4-7,12H2,2-3H3/q+1. The maximum Gasteiger partial charge on any atom is 0.435 e. The van der Waals surface area contributed by atoms with Gasteiger partial charge in [-0.05, 0) is 50.3 Å². The molecule has 1 aliphatic rings. The number of hydrogen-bond acceptors (Lipinski definition) is 2. The van der Waals surface area contributed by atoms with Crippen molar-refractivity contribution < 1.29 is 18.0 Å². The second-order valence-corrected chi connectivity index (χ2v) is 7.08. The number of halogens is 3. The molecule has 1 aliphatic carbocycles. The Bertz CT molecular complexity index is 820. The lowest BCUT2D eigenvalue weighted by Crippen LogP contribution is -2.48. The monoisotopic (exact) mass is 364 g/mol. The van der Waals surface area contributed by atoms with Crippen LogP contribution in [0.1, 0.15) is 35.4 Å². The Labute approximate surface area is 150 Å². The molecule has 0 atom stereocenters. The molecule has 4 nitrogen and oxygen atoms in total. The highest BCUT2D eigenvalue weighted by atomic mass is 19.4. The first-order valence-electron chi connectivity index (χ1n) is 8.50. The van der Waals surface area contributed by atoms with Crippen LogP contribution < -0.4 is 4.48 Å². The maximum absolute atomic E-state index is 13.3. The third-order valence-corrected chi connectivity index (χ3v) is 4.97. The summed E-state index contributed by atoms with van der Waals surface area (Å²) in [5, 5.41) is 3.77. The van der Waals surface area contributed by atoms with Gasteiger partial charge in [0.1, 0.15) is 5.69 Å². The van der Waals surface area contributed by atoms with Gasteiger partial charge < -0.3 is 0 Å². The summed E-state index contributed by atoms with van der Waals surface area (Å²) in [4.78, 5) is 12.9. The minimum atomic E-state index is -4.50. The Morgan fingerprint density at radius 2 is 1.81 bits per heavy atom. The number of hydrogen-bond donors (Lipinski definition) is 0. The van der Waals surface area contributed by atoms with Crippen LogP contribution in [0.25, 0.3) is 0 Å². The van der Waals surface area contributed by atoms with E-state index in [1.807, 2.05) is 0 Å². The van der Waals surface area contributed by atoms with Gasteiger partial charge in [0.15, 0.2) is 12.2 Å². The van der Waals surface area contributed by atoms with Crippen molar-refractivity contribution >= 4 is 11.6 Å². The van der Waals surface area contributed by atoms with Crippen LogP contribution in [0.4, 0.5) is 18.9 Å². The highest BCUT2D eigenvalue weighted by Crippen LogP contribution is 2.36. The fourth-order valence-electron chi connectivity index (χ4n) is 3.33. The summed E-state index contributed by atoms with van der Waals surface area (Å²) in [6.45, 7) is 5.48. The van der Waals surface area contributed by atoms with Gasteiger partial charge in [-0.3, -0.25) is 4.68 Å². The van der Waals surface area contributed by atoms with Gasteiger partial charge in [0.05, 0.1) is 14.1 Å². The van der Waals surface area contributed by atoms with E-state index < -0.39 is 11.9 Å². The molecule has 0 N–H and O–H groups in total. The molecule has 0 aliphatic heterocycles. The van der Waals surface area contributed by atoms with Gasteiger partial charge in [0, 0.05) is 11.3 Å². The number of alkyl halides is 3. The van der Waals surface area contributed by atoms with Gasteiger partial charge in [-0.15, -0.1) is 0 Å². The molecule has 7 heteroatoms. The lowest BCUT2D eigenvalue weighted by atomic mass is 9.95. The predicted molar refractivity (Wildman–Crippen MR) is 92.4 cm³/mol. The molecule has 0 fully saturated rings. The van der Waals surface area contributed by atoms with E-state index in [1.54, 1.807) is 38.4 Å². The van der Waals surface area contributed by atoms with Crippen molar-refractivity contribution in [3.63, 3.8) is 0 Å². The normalized spacial score (nSPS) is 15.0. The lowest BCUT2D eigenvalue weighted by molar-refractivity contribution is -0.142. The fraction of sp³-hybridized carbons (Fsp3) is 0.421. The third kappa shape index (κ3) is 3.40. The first-order valence-corrected chi connectivity index (χ1v) is 8.50. The zero-order chi connectivity index (χ0) is 19.1. The average Bonchev–Trinajstić information content (AvgIpc) is 2.94. The van der Waals surface area contributed by atoms with Crippen LogP contribution in [0, 0.1) is 6.92 Å². The zero-order valence-electron chi connectivity index (χ0n) is 14.8. The molecule has 1 aromatic carbocycles. The first kappa shape index (κ1) is 18.6. The van der Waals surface area contributed by atoms with Crippen LogP contribution in [0.5, 0.6) is 0 Å². The Hall–Kier alpha value is -2.15. The SMILES string of the molecule is [CH]c1ccc([N+](C)(C)C(=O)Cn2nc(C(F)(F)F)c3c2CCCC3)cc1. The van der Waals surface area contributed by atoms with E-state index in [0.717, 1.165) is 6.42 Å². The molecule has 3 rings (SSSR count). The Morgan fingerprint density at radius 1 is 1.19 bits per heavy atom. The van der Waals surface area contributed by atoms with Gasteiger partial charge >= 0.3 is 12.1 Å². The van der Waals surface area contributed by atoms with E-state index in [9.17, 15) is 18.0 Å². The maximum atomic E-state index is 13.3. The van der Waals surface area contributed by atoms with Gasteiger partial charge in [-0.25, -0.2) is 9.28 Å². The Kier molecular flexibility index (Phi) is 4.69. The van der Waals surface area contributed by atoms with Crippen LogP contribution in [0.2, 0.25) is 0 Å². The molecule has 26 heavy (non-hydrogen) atoms. The van der Waals surface area contributed by atoms with Gasteiger partial charge in [-0.1, -0.05) is 12.1 Å². The summed E-state index contributed by atoms with van der Waals surface area (Å²) in [5.41, 5.74) is 1.22. The minimum absolute atomic E-state index is 0.101. The van der Waals surface area contributed by atoms with E-state index in [1.165, 1.54) is 4.68 Å². The van der Waals surface area contributed by atoms with Crippen LogP contribution in [0.15, 0.2) is 24.3 Å². The number of carbonyl (C=O) groups excluding carboxylic acids is 1. The smallest absolute Gasteiger partial charge is 0.255 e. The van der Waals surface area contributed by atoms with Crippen molar-refractivity contribution in [1.29, 1.82) is 0 Å². The van der Waals surface area contributed by atoms with Crippen molar-refractivity contribution in [3.05, 3.63) is 53.7 Å². The Morgan fingerprint density at radius 3 is 2.42 bits per heavy atom. The topological polar surface area (TPSA) is 34.9 Å². The number of carbonyl (C=O) groups is 1. The lowest BCUT2D eigenvalue weighted by Gasteiger charge is -2.27. The first-order chi connectivity index (χ1) is 12.1. The van der Waals surface area contributed by atoms with E-state index in [0.29, 0.717) is 36.2 Å². The van der Waals surface area contributed by atoms with Crippen molar-refractivity contribution in [2.75, 3.05) is 14.1 Å². The highest BCUT2D eigenvalue weighted by Gasteiger charge is 2.40. The minimum Gasteiger partial charge on any atom is -0.255 e.